The second-order valence-electron chi connectivity index (χ2n) is 7.02. The summed E-state index contributed by atoms with van der Waals surface area (Å²) in [6.45, 7) is 10.9. The van der Waals surface area contributed by atoms with Crippen LogP contribution in [0.15, 0.2) is 77.6 Å². The molecule has 0 aliphatic heterocycles. The zero-order chi connectivity index (χ0) is 17.3. The molecule has 27 heavy (non-hydrogen) atoms. The quantitative estimate of drug-likeness (QED) is 0.323. The standard InChI is InChI=1S/C13H10N.C10H15.2ClH.Zr/c1-2-6-12-11(5-1)7-8-13(12)14-9-3-4-10-14;1-7-6-10(4,5)9(3)8(7)2;;;/h1-10H;1-5H3;2*1H;/q2*-1;;;+2. The largest absolute Gasteiger partial charge is 2.00 e. The minimum atomic E-state index is 0. The number of rotatable bonds is 1. The Morgan fingerprint density at radius 2 is 1.48 bits per heavy atom. The number of allylic oxidation sites excluding steroid dienone is 4. The second kappa shape index (κ2) is 10.6. The maximum atomic E-state index is 3.44. The summed E-state index contributed by atoms with van der Waals surface area (Å²) in [6, 6.07) is 16.9. The molecule has 1 heterocycles. The molecule has 1 aromatic heterocycles. The van der Waals surface area contributed by atoms with E-state index in [2.05, 4.69) is 94.1 Å². The molecule has 0 radical (unpaired) electrons. The van der Waals surface area contributed by atoms with Gasteiger partial charge in [0, 0.05) is 0 Å². The predicted octanol–water partition coefficient (Wildman–Crippen LogP) is 7.30. The SMILES string of the molecule is CC1=[C-]C(C)(C)C(C)=C1C.Cl.Cl.[Zr+2].c1ccc2c(c1)cc[c-]2-n1cccc1. The number of aromatic nitrogens is 1. The first-order valence-electron chi connectivity index (χ1n) is 8.48. The third kappa shape index (κ3) is 5.53. The van der Waals surface area contributed by atoms with Gasteiger partial charge in [-0.3, -0.25) is 6.08 Å². The van der Waals surface area contributed by atoms with Crippen molar-refractivity contribution in [3.63, 3.8) is 0 Å². The Morgan fingerprint density at radius 1 is 0.889 bits per heavy atom. The fourth-order valence-electron chi connectivity index (χ4n) is 3.26. The summed E-state index contributed by atoms with van der Waals surface area (Å²) in [5, 5.41) is 2.61. The van der Waals surface area contributed by atoms with Crippen LogP contribution in [0.25, 0.3) is 16.5 Å². The number of fused-ring (bicyclic) bond motifs is 1. The summed E-state index contributed by atoms with van der Waals surface area (Å²) in [4.78, 5) is 0. The smallest absolute Gasteiger partial charge is 0.403 e. The normalized spacial score (nSPS) is 14.3. The van der Waals surface area contributed by atoms with Crippen molar-refractivity contribution >= 4 is 35.6 Å². The molecule has 0 fully saturated rings. The molecule has 3 aromatic rings. The van der Waals surface area contributed by atoms with Crippen molar-refractivity contribution in [1.29, 1.82) is 0 Å². The predicted molar refractivity (Wildman–Crippen MR) is 118 cm³/mol. The zero-order valence-corrected chi connectivity index (χ0v) is 20.6. The van der Waals surface area contributed by atoms with Crippen molar-refractivity contribution in [2.24, 2.45) is 5.41 Å². The summed E-state index contributed by atoms with van der Waals surface area (Å²) in [6.07, 6.45) is 7.58. The zero-order valence-electron chi connectivity index (χ0n) is 16.5. The van der Waals surface area contributed by atoms with E-state index in [0.717, 1.165) is 0 Å². The van der Waals surface area contributed by atoms with E-state index in [0.29, 0.717) is 0 Å². The van der Waals surface area contributed by atoms with Gasteiger partial charge in [-0.1, -0.05) is 80.3 Å². The van der Waals surface area contributed by atoms with Crippen molar-refractivity contribution in [3.8, 4) is 5.69 Å². The van der Waals surface area contributed by atoms with Gasteiger partial charge in [0.1, 0.15) is 0 Å². The Kier molecular flexibility index (Phi) is 10.2. The molecule has 0 amide bonds. The van der Waals surface area contributed by atoms with Crippen LogP contribution in [0.1, 0.15) is 34.6 Å². The van der Waals surface area contributed by atoms with Gasteiger partial charge in [0.05, 0.1) is 0 Å². The van der Waals surface area contributed by atoms with Gasteiger partial charge in [0.15, 0.2) is 0 Å². The molecule has 1 nitrogen and oxygen atoms in total. The number of halogens is 2. The third-order valence-corrected chi connectivity index (χ3v) is 5.10. The van der Waals surface area contributed by atoms with Crippen LogP contribution in [0, 0.1) is 11.5 Å². The van der Waals surface area contributed by atoms with E-state index < -0.39 is 0 Å². The topological polar surface area (TPSA) is 4.93 Å². The number of nitrogens with zero attached hydrogens (tertiary/aromatic N) is 1. The molecule has 1 aliphatic carbocycles. The molecule has 1 aliphatic rings. The Bertz CT molecular complexity index is 915. The van der Waals surface area contributed by atoms with E-state index in [1.54, 1.807) is 0 Å². The molecule has 4 heteroatoms. The molecule has 0 saturated carbocycles. The van der Waals surface area contributed by atoms with Crippen LogP contribution >= 0.6 is 24.8 Å². The second-order valence-corrected chi connectivity index (χ2v) is 7.02. The maximum Gasteiger partial charge on any atom is 2.00 e. The molecule has 0 atom stereocenters. The number of hydrogen-bond acceptors (Lipinski definition) is 0. The van der Waals surface area contributed by atoms with Gasteiger partial charge < -0.3 is 4.57 Å². The van der Waals surface area contributed by atoms with Gasteiger partial charge in [-0.25, -0.2) is 5.57 Å². The van der Waals surface area contributed by atoms with Gasteiger partial charge in [0.2, 0.25) is 0 Å². The first-order valence-corrected chi connectivity index (χ1v) is 8.48. The van der Waals surface area contributed by atoms with Crippen molar-refractivity contribution in [2.45, 2.75) is 34.6 Å². The van der Waals surface area contributed by atoms with E-state index in [4.69, 9.17) is 0 Å². The minimum Gasteiger partial charge on any atom is -0.403 e. The van der Waals surface area contributed by atoms with Gasteiger partial charge in [-0.15, -0.1) is 43.9 Å². The first kappa shape index (κ1) is 26.1. The maximum absolute atomic E-state index is 3.44. The summed E-state index contributed by atoms with van der Waals surface area (Å²) < 4.78 is 2.14. The fraction of sp³-hybridized carbons (Fsp3) is 0.261. The third-order valence-electron chi connectivity index (χ3n) is 5.10. The molecular formula is C23H27Cl2NZr. The average molecular weight is 480 g/mol. The van der Waals surface area contributed by atoms with E-state index in [1.165, 1.54) is 33.2 Å². The number of benzene rings is 1. The van der Waals surface area contributed by atoms with Crippen LogP contribution < -0.4 is 0 Å². The summed E-state index contributed by atoms with van der Waals surface area (Å²) in [5.74, 6) is 0. The van der Waals surface area contributed by atoms with Crippen LogP contribution in [-0.4, -0.2) is 4.57 Å². The number of hydrogen-bond donors (Lipinski definition) is 0. The summed E-state index contributed by atoms with van der Waals surface area (Å²) in [7, 11) is 0. The molecule has 0 bridgehead atoms. The first-order chi connectivity index (χ1) is 11.4. The Hall–Kier alpha value is -0.947. The average Bonchev–Trinajstić information content (AvgIpc) is 3.25. The van der Waals surface area contributed by atoms with Crippen molar-refractivity contribution < 1.29 is 26.2 Å². The van der Waals surface area contributed by atoms with Gasteiger partial charge >= 0.3 is 26.2 Å². The molecule has 0 unspecified atom stereocenters. The van der Waals surface area contributed by atoms with Crippen LogP contribution in [0.5, 0.6) is 0 Å². The Labute approximate surface area is 194 Å². The Morgan fingerprint density at radius 3 is 1.96 bits per heavy atom. The van der Waals surface area contributed by atoms with E-state index in [9.17, 15) is 0 Å². The van der Waals surface area contributed by atoms with E-state index >= 15 is 0 Å². The summed E-state index contributed by atoms with van der Waals surface area (Å²) in [5.41, 5.74) is 5.65. The molecule has 142 valence electrons. The van der Waals surface area contributed by atoms with E-state index in [1.807, 2.05) is 12.1 Å². The monoisotopic (exact) mass is 477 g/mol. The van der Waals surface area contributed by atoms with Crippen molar-refractivity contribution in [1.82, 2.24) is 4.57 Å². The molecule has 0 spiro atoms. The molecule has 0 saturated heterocycles. The van der Waals surface area contributed by atoms with E-state index in [-0.39, 0.29) is 56.4 Å². The van der Waals surface area contributed by atoms with Crippen LogP contribution in [0.3, 0.4) is 0 Å². The molecule has 4 rings (SSSR count). The van der Waals surface area contributed by atoms with Crippen molar-refractivity contribution in [2.75, 3.05) is 0 Å². The van der Waals surface area contributed by atoms with Crippen LogP contribution in [0.2, 0.25) is 0 Å². The van der Waals surface area contributed by atoms with Gasteiger partial charge in [-0.2, -0.15) is 11.1 Å². The Balaban J connectivity index is 0.000000473. The minimum absolute atomic E-state index is 0. The molecule has 0 N–H and O–H groups in total. The molecule has 2 aromatic carbocycles. The van der Waals surface area contributed by atoms with Crippen LogP contribution in [-0.2, 0) is 26.2 Å². The fourth-order valence-corrected chi connectivity index (χ4v) is 3.26. The molecular weight excluding hydrogens is 452 g/mol. The van der Waals surface area contributed by atoms with Gasteiger partial charge in [-0.05, 0) is 18.1 Å². The summed E-state index contributed by atoms with van der Waals surface area (Å²) >= 11 is 0. The van der Waals surface area contributed by atoms with Gasteiger partial charge in [0.25, 0.3) is 0 Å². The van der Waals surface area contributed by atoms with Crippen molar-refractivity contribution in [3.05, 3.63) is 83.7 Å². The van der Waals surface area contributed by atoms with Crippen LogP contribution in [0.4, 0.5) is 0 Å².